The number of hydrogen-bond acceptors (Lipinski definition) is 2. The highest BCUT2D eigenvalue weighted by molar-refractivity contribution is 5.89. The Kier molecular flexibility index (Phi) is 5.59. The van der Waals surface area contributed by atoms with Gasteiger partial charge in [-0.25, -0.2) is 0 Å². The van der Waals surface area contributed by atoms with Crippen LogP contribution in [-0.2, 0) is 17.4 Å². The normalized spacial score (nSPS) is 20.9. The van der Waals surface area contributed by atoms with Crippen LogP contribution in [0.5, 0.6) is 5.75 Å². The fourth-order valence-electron chi connectivity index (χ4n) is 3.66. The lowest BCUT2D eigenvalue weighted by Gasteiger charge is -2.31. The Morgan fingerprint density at radius 3 is 2.21 bits per heavy atom. The molecule has 0 aromatic heterocycles. The van der Waals surface area contributed by atoms with Crippen molar-refractivity contribution in [3.05, 3.63) is 41.5 Å². The molecule has 0 N–H and O–H groups in total. The van der Waals surface area contributed by atoms with Crippen molar-refractivity contribution in [2.45, 2.75) is 50.6 Å². The minimum absolute atomic E-state index is 0.0534. The van der Waals surface area contributed by atoms with E-state index >= 15 is 0 Å². The highest BCUT2D eigenvalue weighted by Gasteiger charge is 2.42. The second-order valence-corrected chi connectivity index (χ2v) is 7.00. The van der Waals surface area contributed by atoms with Gasteiger partial charge in [-0.2, -0.15) is 26.3 Å². The van der Waals surface area contributed by atoms with E-state index in [4.69, 9.17) is 4.74 Å². The number of alkyl halides is 6. The van der Waals surface area contributed by atoms with E-state index in [2.05, 4.69) is 0 Å². The van der Waals surface area contributed by atoms with Crippen LogP contribution in [0.25, 0.3) is 10.8 Å². The van der Waals surface area contributed by atoms with Gasteiger partial charge in [0.2, 0.25) is 0 Å². The van der Waals surface area contributed by atoms with E-state index in [9.17, 15) is 31.1 Å². The number of ether oxygens (including phenoxy) is 1. The van der Waals surface area contributed by atoms with Crippen LogP contribution in [0.1, 0.15) is 36.8 Å². The molecule has 0 saturated heterocycles. The third-order valence-corrected chi connectivity index (χ3v) is 5.08. The molecule has 0 bridgehead atoms. The summed E-state index contributed by atoms with van der Waals surface area (Å²) in [7, 11) is 0. The van der Waals surface area contributed by atoms with Gasteiger partial charge in [-0.1, -0.05) is 24.3 Å². The topological polar surface area (TPSA) is 26.3 Å². The molecule has 0 radical (unpaired) electrons. The van der Waals surface area contributed by atoms with Crippen molar-refractivity contribution >= 4 is 17.1 Å². The van der Waals surface area contributed by atoms with Crippen LogP contribution >= 0.6 is 0 Å². The van der Waals surface area contributed by atoms with E-state index in [0.29, 0.717) is 17.2 Å². The lowest BCUT2D eigenvalue weighted by Crippen LogP contribution is -2.32. The number of carbonyl (C=O) groups excluding carboxylic acids is 1. The largest absolute Gasteiger partial charge is 0.490 e. The summed E-state index contributed by atoms with van der Waals surface area (Å²) in [6.07, 6.45) is -9.11. The molecule has 28 heavy (non-hydrogen) atoms. The molecule has 0 aliphatic heterocycles. The van der Waals surface area contributed by atoms with E-state index in [0.717, 1.165) is 0 Å². The van der Waals surface area contributed by atoms with Crippen molar-refractivity contribution < 1.29 is 35.9 Å². The average molecular weight is 404 g/mol. The maximum absolute atomic E-state index is 13.7. The van der Waals surface area contributed by atoms with Gasteiger partial charge in [-0.3, -0.25) is 0 Å². The summed E-state index contributed by atoms with van der Waals surface area (Å²) in [5, 5.41) is 0.253. The van der Waals surface area contributed by atoms with E-state index in [1.54, 1.807) is 0 Å². The van der Waals surface area contributed by atoms with Gasteiger partial charge in [0.25, 0.3) is 0 Å². The number of aldehydes is 1. The zero-order valence-corrected chi connectivity index (χ0v) is 14.7. The predicted molar refractivity (Wildman–Crippen MR) is 91.1 cm³/mol. The monoisotopic (exact) mass is 404 g/mol. The molecular weight excluding hydrogens is 386 g/mol. The number of rotatable bonds is 4. The molecular formula is C20H18F6O2. The number of halogens is 6. The first-order valence-corrected chi connectivity index (χ1v) is 8.89. The Bertz CT molecular complexity index is 848. The second-order valence-electron chi connectivity index (χ2n) is 7.00. The average Bonchev–Trinajstić information content (AvgIpc) is 2.60. The van der Waals surface area contributed by atoms with Crippen LogP contribution in [0.15, 0.2) is 30.3 Å². The Balaban J connectivity index is 1.89. The number of benzene rings is 2. The molecule has 0 spiro atoms. The molecule has 2 aromatic carbocycles. The van der Waals surface area contributed by atoms with Crippen LogP contribution in [0.4, 0.5) is 26.3 Å². The van der Waals surface area contributed by atoms with Crippen molar-refractivity contribution in [2.75, 3.05) is 0 Å². The van der Waals surface area contributed by atoms with Crippen molar-refractivity contribution in [2.24, 2.45) is 5.92 Å². The predicted octanol–water partition coefficient (Wildman–Crippen LogP) is 6.10. The number of hydrogen-bond donors (Lipinski definition) is 0. The molecule has 1 aliphatic carbocycles. The molecule has 2 aromatic rings. The first-order chi connectivity index (χ1) is 13.1. The van der Waals surface area contributed by atoms with Crippen molar-refractivity contribution in [3.63, 3.8) is 0 Å². The molecule has 0 atom stereocenters. The zero-order chi connectivity index (χ0) is 20.5. The first-order valence-electron chi connectivity index (χ1n) is 8.89. The molecule has 0 amide bonds. The van der Waals surface area contributed by atoms with Gasteiger partial charge < -0.3 is 9.53 Å². The minimum Gasteiger partial charge on any atom is -0.490 e. The van der Waals surface area contributed by atoms with Gasteiger partial charge >= 0.3 is 12.4 Å². The van der Waals surface area contributed by atoms with Gasteiger partial charge in [-0.15, -0.1) is 0 Å². The highest BCUT2D eigenvalue weighted by Crippen LogP contribution is 2.44. The van der Waals surface area contributed by atoms with Gasteiger partial charge in [0, 0.05) is 6.42 Å². The maximum Gasteiger partial charge on any atom is 0.420 e. The van der Waals surface area contributed by atoms with Gasteiger partial charge in [-0.05, 0) is 48.1 Å². The molecule has 0 unspecified atom stereocenters. The molecule has 1 aliphatic rings. The fourth-order valence-corrected chi connectivity index (χ4v) is 3.66. The van der Waals surface area contributed by atoms with E-state index in [1.165, 1.54) is 30.3 Å². The second kappa shape index (κ2) is 7.64. The molecule has 2 nitrogen and oxygen atoms in total. The van der Waals surface area contributed by atoms with Gasteiger partial charge in [0.05, 0.1) is 12.0 Å². The van der Waals surface area contributed by atoms with Crippen LogP contribution in [0.2, 0.25) is 0 Å². The van der Waals surface area contributed by atoms with Crippen LogP contribution in [-0.4, -0.2) is 18.6 Å². The third kappa shape index (κ3) is 4.42. The Morgan fingerprint density at radius 1 is 0.964 bits per heavy atom. The molecule has 152 valence electrons. The van der Waals surface area contributed by atoms with Crippen LogP contribution in [0.3, 0.4) is 0 Å². The summed E-state index contributed by atoms with van der Waals surface area (Å²) < 4.78 is 85.0. The smallest absolute Gasteiger partial charge is 0.420 e. The quantitative estimate of drug-likeness (QED) is 0.455. The Labute approximate surface area is 157 Å². The van der Waals surface area contributed by atoms with E-state index in [1.807, 2.05) is 0 Å². The first kappa shape index (κ1) is 20.5. The van der Waals surface area contributed by atoms with E-state index in [-0.39, 0.29) is 43.2 Å². The van der Waals surface area contributed by atoms with Crippen LogP contribution < -0.4 is 4.74 Å². The summed E-state index contributed by atoms with van der Waals surface area (Å²) in [5.74, 6) is -1.80. The van der Waals surface area contributed by atoms with Crippen LogP contribution in [0, 0.1) is 5.92 Å². The molecule has 1 fully saturated rings. The Hall–Kier alpha value is -2.25. The maximum atomic E-state index is 13.7. The van der Waals surface area contributed by atoms with Crippen molar-refractivity contribution in [1.29, 1.82) is 0 Å². The van der Waals surface area contributed by atoms with Gasteiger partial charge in [0.1, 0.15) is 17.6 Å². The number of carbonyl (C=O) groups is 1. The molecule has 1 saturated carbocycles. The molecule has 8 heteroatoms. The molecule has 0 heterocycles. The summed E-state index contributed by atoms with van der Waals surface area (Å²) in [4.78, 5) is 10.6. The third-order valence-electron chi connectivity index (χ3n) is 5.08. The SMILES string of the molecule is O=CCc1ccc2c(C(F)(F)F)c(OC3CCC(C(F)(F)F)CC3)ccc2c1. The summed E-state index contributed by atoms with van der Waals surface area (Å²) in [6.45, 7) is 0. The van der Waals surface area contributed by atoms with Crippen molar-refractivity contribution in [1.82, 2.24) is 0 Å². The van der Waals surface area contributed by atoms with Gasteiger partial charge in [0.15, 0.2) is 0 Å². The standard InChI is InChI=1S/C20H18F6O2/c21-19(22,23)14-3-5-15(6-4-14)28-17-8-2-13-11-12(9-10-27)1-7-16(13)18(17)20(24,25)26/h1-2,7-8,10-11,14-15H,3-6,9H2. The molecule has 3 rings (SSSR count). The fraction of sp³-hybridized carbons (Fsp3) is 0.450. The summed E-state index contributed by atoms with van der Waals surface area (Å²) >= 11 is 0. The summed E-state index contributed by atoms with van der Waals surface area (Å²) in [5.41, 5.74) is -0.352. The highest BCUT2D eigenvalue weighted by atomic mass is 19.4. The summed E-state index contributed by atoms with van der Waals surface area (Å²) in [6, 6.07) is 6.92. The van der Waals surface area contributed by atoms with E-state index < -0.39 is 29.9 Å². The van der Waals surface area contributed by atoms with Crippen molar-refractivity contribution in [3.8, 4) is 5.75 Å². The lowest BCUT2D eigenvalue weighted by molar-refractivity contribution is -0.185. The minimum atomic E-state index is -4.69. The lowest BCUT2D eigenvalue weighted by atomic mass is 9.87. The number of fused-ring (bicyclic) bond motifs is 1. The Morgan fingerprint density at radius 2 is 1.64 bits per heavy atom. The zero-order valence-electron chi connectivity index (χ0n) is 14.7.